The van der Waals surface area contributed by atoms with Crippen molar-refractivity contribution in [3.63, 3.8) is 0 Å². The van der Waals surface area contributed by atoms with Gasteiger partial charge in [-0.1, -0.05) is 140 Å². The monoisotopic (exact) mass is 1910 g/mol. The third-order valence-corrected chi connectivity index (χ3v) is 20.7. The van der Waals surface area contributed by atoms with E-state index < -0.39 is 260 Å². The number of alkyl carbamates (subject to hydrolysis) is 1. The fourth-order valence-electron chi connectivity index (χ4n) is 13.9. The Morgan fingerprint density at radius 3 is 1.05 bits per heavy atom. The molecular weight excluding hydrogens is 1820 g/mol. The summed E-state index contributed by atoms with van der Waals surface area (Å²) in [5, 5.41) is 7.32. The SMILES string of the molecule is COC(=O)[C@H]1O[C@@H](O[C@@H]2[C@@H](NC(C)=O)[C@H](O[C@H]3[C@H](OC(=O)c4ccccc4)[C@@H](OC(=O)c4ccccc4)[C@H](O[C@@H]4[C@@H](NC(C)=O)[C@H](OCCNC(=O)OCc5ccccc5)O[C@H](COC(=O)c5ccccc5)[C@@H]4OS(=O)(=O)[O-])O[C@@H]3C(=O)OC)O[C@H](COC(=O)c3ccccc3)[C@@H]2OS(=O)(=O)[O-])[C@H](OC(=O)c2ccccc2)[C@@H](OC(=O)c2ccccc2)[C@@H]1OC(=O)CCC(C)=O.[Na+].[Na+]. The van der Waals surface area contributed by atoms with Crippen molar-refractivity contribution >= 4 is 98.2 Å². The van der Waals surface area contributed by atoms with Crippen LogP contribution in [0.2, 0.25) is 0 Å². The van der Waals surface area contributed by atoms with Gasteiger partial charge in [0.2, 0.25) is 32.6 Å². The van der Waals surface area contributed by atoms with Crippen molar-refractivity contribution in [3.8, 4) is 0 Å². The second-order valence-electron chi connectivity index (χ2n) is 29.1. The molecule has 0 saturated carbocycles. The Kier molecular flexibility index (Phi) is 40.1. The number of esters is 9. The zero-order valence-corrected chi connectivity index (χ0v) is 77.6. The molecule has 0 spiro atoms. The first-order valence-electron chi connectivity index (χ1n) is 40.0. The van der Waals surface area contributed by atoms with Crippen molar-refractivity contribution in [2.75, 3.05) is 40.6 Å². The van der Waals surface area contributed by atoms with E-state index in [1.165, 1.54) is 176 Å². The molecule has 46 heteroatoms. The van der Waals surface area contributed by atoms with E-state index in [9.17, 15) is 73.9 Å². The molecule has 20 atom stereocenters. The molecule has 7 aromatic rings. The predicted molar refractivity (Wildman–Crippen MR) is 434 cm³/mol. The third kappa shape index (κ3) is 30.3. The number of Topliss-reactive ketones (excluding diaryl/α,β-unsaturated/α-hetero) is 1. The van der Waals surface area contributed by atoms with Gasteiger partial charge in [-0.25, -0.2) is 60.0 Å². The summed E-state index contributed by atoms with van der Waals surface area (Å²) < 4.78 is 202. The maximum absolute atomic E-state index is 15.4. The van der Waals surface area contributed by atoms with E-state index in [4.69, 9.17) is 93.6 Å². The number of carbonyl (C=O) groups is 13. The van der Waals surface area contributed by atoms with Crippen molar-refractivity contribution in [2.45, 2.75) is 163 Å². The predicted octanol–water partition coefficient (Wildman–Crippen LogP) is -2.06. The molecule has 0 bridgehead atoms. The number of nitrogens with one attached hydrogen (secondary N) is 3. The second kappa shape index (κ2) is 50.4. The van der Waals surface area contributed by atoms with Gasteiger partial charge in [-0.15, -0.1) is 0 Å². The van der Waals surface area contributed by atoms with E-state index in [1.54, 1.807) is 36.4 Å². The number of methoxy groups -OCH3 is 2. The average molecular weight is 1910 g/mol. The average Bonchev–Trinajstić information content (AvgIpc) is 0.749. The van der Waals surface area contributed by atoms with E-state index in [2.05, 4.69) is 16.0 Å². The van der Waals surface area contributed by atoms with Crippen molar-refractivity contribution in [3.05, 3.63) is 251 Å². The van der Waals surface area contributed by atoms with Crippen molar-refractivity contribution in [1.29, 1.82) is 0 Å². The van der Waals surface area contributed by atoms with Crippen LogP contribution in [0.4, 0.5) is 4.79 Å². The van der Waals surface area contributed by atoms with E-state index in [0.717, 1.165) is 35.0 Å². The molecule has 133 heavy (non-hydrogen) atoms. The molecule has 4 aliphatic rings. The van der Waals surface area contributed by atoms with Gasteiger partial charge in [-0.05, 0) is 85.3 Å². The molecule has 0 aliphatic carbocycles. The van der Waals surface area contributed by atoms with Gasteiger partial charge in [0, 0.05) is 26.8 Å². The quantitative estimate of drug-likeness (QED) is 0.00935. The van der Waals surface area contributed by atoms with Crippen LogP contribution in [0.25, 0.3) is 0 Å². The van der Waals surface area contributed by atoms with Crippen LogP contribution in [0, 0.1) is 0 Å². The number of ketones is 1. The first kappa shape index (κ1) is 106. The van der Waals surface area contributed by atoms with Gasteiger partial charge in [0.25, 0.3) is 0 Å². The number of hydrogen-bond acceptors (Lipinski definition) is 39. The van der Waals surface area contributed by atoms with Gasteiger partial charge < -0.3 is 115 Å². The number of ether oxygens (including phenoxy) is 18. The summed E-state index contributed by atoms with van der Waals surface area (Å²) in [6.45, 7) is -0.910. The van der Waals surface area contributed by atoms with Crippen LogP contribution >= 0.6 is 0 Å². The summed E-state index contributed by atoms with van der Waals surface area (Å²) in [6, 6.07) is 44.2. The molecule has 4 saturated heterocycles. The molecule has 0 aromatic heterocycles. The number of hydrogen-bond donors (Lipinski definition) is 3. The normalized spacial score (nSPS) is 24.9. The Morgan fingerprint density at radius 1 is 0.361 bits per heavy atom. The summed E-state index contributed by atoms with van der Waals surface area (Å²) in [5.74, 6) is -15.2. The van der Waals surface area contributed by atoms with Gasteiger partial charge in [-0.2, -0.15) is 0 Å². The third-order valence-electron chi connectivity index (χ3n) is 19.8. The van der Waals surface area contributed by atoms with Gasteiger partial charge in [0.05, 0.1) is 60.6 Å². The van der Waals surface area contributed by atoms with E-state index in [1.807, 2.05) is 0 Å². The summed E-state index contributed by atoms with van der Waals surface area (Å²) in [7, 11) is -10.9. The minimum Gasteiger partial charge on any atom is -0.726 e. The Bertz CT molecular complexity index is 5370. The first-order chi connectivity index (χ1) is 62.7. The largest absolute Gasteiger partial charge is 1.00 e. The Morgan fingerprint density at radius 2 is 0.692 bits per heavy atom. The van der Waals surface area contributed by atoms with Crippen LogP contribution in [-0.2, 0) is 150 Å². The van der Waals surface area contributed by atoms with E-state index in [-0.39, 0.29) is 99.1 Å². The standard InChI is InChI=1S/C87H89N3O39S2.2Na/c1-48(91)41-42-60(94)118-67-69(119-77(97)54-33-19-9-20-34-54)73(121-79(99)56-37-23-11-24-38-56)85(126-71(67)81(101)110-4)124-66-62(90-50(3)93)84(117-59(64(66)129-131(107,108)109)47-114-76(96)53-31-17-8-18-32-53)125-68-70(120-78(98)55-35-21-10-22-36-55)74(122-80(100)57-39-25-12-26-40-57)86(127-72(68)82(102)111-5)123-65-61(89-49(2)92)83(112-44-43-88-87(103)115-45-51-27-13-6-14-28-51)116-58(63(65)128-130(104,105)106)46-113-75(95)52-29-15-7-16-30-52;;/h6-40,58-59,61-74,83-86H,41-47H2,1-5H3,(H,88,103)(H,89,92)(H,90,93)(H,104,105,106)(H,107,108,109);;/q;2*+1/p-2/t58-,59-,61-,62-,63+,64+,65-,66-,67+,68+,69+,70+,71+,72+,73-,74-,83-,84+,85-,86-;;/m1../s1. The number of carbonyl (C=O) groups excluding carboxylic acids is 13. The fourth-order valence-corrected chi connectivity index (χ4v) is 14.9. The molecule has 698 valence electrons. The van der Waals surface area contributed by atoms with Crippen LogP contribution in [0.1, 0.15) is 101 Å². The minimum absolute atomic E-state index is 0. The van der Waals surface area contributed by atoms with Gasteiger partial charge in [0.15, 0.2) is 67.9 Å². The molecule has 7 aromatic carbocycles. The molecular formula is C87H87N3Na2O39S2. The molecule has 42 nitrogen and oxygen atoms in total. The molecule has 3 amide bonds. The van der Waals surface area contributed by atoms with Crippen molar-refractivity contribution in [2.24, 2.45) is 0 Å². The summed E-state index contributed by atoms with van der Waals surface area (Å²) in [4.78, 5) is 186. The number of benzene rings is 7. The van der Waals surface area contributed by atoms with Gasteiger partial charge >= 0.3 is 119 Å². The molecule has 11 rings (SSSR count). The van der Waals surface area contributed by atoms with Crippen molar-refractivity contribution < 1.29 is 241 Å². The fraction of sp³-hybridized carbons (Fsp3) is 0.368. The molecule has 4 aliphatic heterocycles. The zero-order valence-electron chi connectivity index (χ0n) is 71.9. The smallest absolute Gasteiger partial charge is 0.726 e. The van der Waals surface area contributed by atoms with Crippen LogP contribution in [-0.4, -0.2) is 267 Å². The van der Waals surface area contributed by atoms with Crippen LogP contribution in [0.15, 0.2) is 212 Å². The first-order valence-corrected chi connectivity index (χ1v) is 42.7. The number of rotatable bonds is 38. The maximum Gasteiger partial charge on any atom is 1.00 e. The Balaban J connectivity index is 0.00000994. The minimum atomic E-state index is -6.30. The van der Waals surface area contributed by atoms with Crippen LogP contribution in [0.3, 0.4) is 0 Å². The molecule has 4 fully saturated rings. The van der Waals surface area contributed by atoms with Gasteiger partial charge in [-0.3, -0.25) is 22.7 Å². The summed E-state index contributed by atoms with van der Waals surface area (Å²) in [5.41, 5.74) is -1.01. The Hall–Kier alpha value is -10.9. The van der Waals surface area contributed by atoms with E-state index in [0.29, 0.717) is 5.56 Å². The van der Waals surface area contributed by atoms with Crippen molar-refractivity contribution in [1.82, 2.24) is 16.0 Å². The topological polar surface area (TPSA) is 557 Å². The Labute approximate surface area is 804 Å². The summed E-state index contributed by atoms with van der Waals surface area (Å²) >= 11 is 0. The molecule has 0 unspecified atom stereocenters. The van der Waals surface area contributed by atoms with Crippen LogP contribution in [0.5, 0.6) is 0 Å². The van der Waals surface area contributed by atoms with E-state index >= 15 is 14.4 Å². The second-order valence-corrected chi connectivity index (χ2v) is 31.1. The zero-order chi connectivity index (χ0) is 94.1. The molecule has 3 N–H and O–H groups in total. The number of amides is 3. The van der Waals surface area contributed by atoms with Crippen LogP contribution < -0.4 is 75.1 Å². The maximum atomic E-state index is 15.4. The van der Waals surface area contributed by atoms with Gasteiger partial charge in [0.1, 0.15) is 80.4 Å². The summed E-state index contributed by atoms with van der Waals surface area (Å²) in [6.07, 6.45) is -48.1. The molecule has 0 radical (unpaired) electrons. The molecule has 4 heterocycles.